The third-order valence-corrected chi connectivity index (χ3v) is 5.40. The minimum absolute atomic E-state index is 0.000689. The lowest BCUT2D eigenvalue weighted by atomic mass is 10.2. The summed E-state index contributed by atoms with van der Waals surface area (Å²) in [6, 6.07) is 15.4. The van der Waals surface area contributed by atoms with Crippen LogP contribution in [0, 0.1) is 0 Å². The Bertz CT molecular complexity index is 780. The van der Waals surface area contributed by atoms with Crippen molar-refractivity contribution in [3.63, 3.8) is 0 Å². The second kappa shape index (κ2) is 6.18. The van der Waals surface area contributed by atoms with Gasteiger partial charge in [-0.15, -0.1) is 11.3 Å². The molecule has 0 fully saturated rings. The van der Waals surface area contributed by atoms with Crippen molar-refractivity contribution in [2.45, 2.75) is 13.0 Å². The van der Waals surface area contributed by atoms with Gasteiger partial charge in [-0.3, -0.25) is 4.79 Å². The van der Waals surface area contributed by atoms with Crippen LogP contribution in [0.5, 0.6) is 0 Å². The maximum absolute atomic E-state index is 12.6. The van der Waals surface area contributed by atoms with Gasteiger partial charge in [-0.05, 0) is 43.3 Å². The molecule has 1 aromatic heterocycles. The van der Waals surface area contributed by atoms with Gasteiger partial charge in [0.25, 0.3) is 5.91 Å². The van der Waals surface area contributed by atoms with E-state index in [1.54, 1.807) is 16.2 Å². The molecule has 0 unspecified atom stereocenters. The van der Waals surface area contributed by atoms with E-state index < -0.39 is 0 Å². The summed E-state index contributed by atoms with van der Waals surface area (Å²) in [5.41, 5.74) is 1.66. The average molecular weight is 375 g/mol. The Morgan fingerprint density at radius 1 is 1.18 bits per heavy atom. The largest absolute Gasteiger partial charge is 0.333 e. The number of nitrogens with zero attached hydrogens (tertiary/aromatic N) is 2. The van der Waals surface area contributed by atoms with Gasteiger partial charge in [0.2, 0.25) is 0 Å². The Morgan fingerprint density at radius 3 is 2.55 bits per heavy atom. The first kappa shape index (κ1) is 15.2. The third-order valence-electron chi connectivity index (χ3n) is 3.66. The molecule has 1 atom stereocenters. The molecular formula is C17H15BrN2OS. The molecular weight excluding hydrogens is 360 g/mol. The lowest BCUT2D eigenvalue weighted by Crippen LogP contribution is -2.29. The van der Waals surface area contributed by atoms with Crippen LogP contribution in [-0.2, 0) is 0 Å². The smallest absolute Gasteiger partial charge is 0.254 e. The Labute approximate surface area is 141 Å². The Hall–Kier alpha value is -1.72. The number of carbonyl (C=O) groups is 1. The number of amides is 1. The van der Waals surface area contributed by atoms with E-state index in [2.05, 4.69) is 27.0 Å². The number of hydrogen-bond donors (Lipinski definition) is 0. The monoisotopic (exact) mass is 374 g/mol. The highest BCUT2D eigenvalue weighted by molar-refractivity contribution is 9.10. The fourth-order valence-electron chi connectivity index (χ4n) is 2.21. The molecule has 0 aliphatic heterocycles. The van der Waals surface area contributed by atoms with E-state index in [4.69, 9.17) is 0 Å². The van der Waals surface area contributed by atoms with E-state index in [1.807, 2.05) is 56.4 Å². The first-order valence-electron chi connectivity index (χ1n) is 6.94. The lowest BCUT2D eigenvalue weighted by molar-refractivity contribution is 0.0742. The van der Waals surface area contributed by atoms with Crippen LogP contribution in [0.15, 0.2) is 53.0 Å². The molecule has 1 heterocycles. The lowest BCUT2D eigenvalue weighted by Gasteiger charge is -2.23. The highest BCUT2D eigenvalue weighted by Gasteiger charge is 2.21. The summed E-state index contributed by atoms with van der Waals surface area (Å²) in [5, 5.41) is 0.953. The van der Waals surface area contributed by atoms with Crippen molar-refractivity contribution in [3.8, 4) is 0 Å². The van der Waals surface area contributed by atoms with Gasteiger partial charge in [0.15, 0.2) is 0 Å². The first-order chi connectivity index (χ1) is 10.6. The van der Waals surface area contributed by atoms with E-state index in [-0.39, 0.29) is 11.9 Å². The van der Waals surface area contributed by atoms with Crippen LogP contribution in [0.25, 0.3) is 10.2 Å². The third kappa shape index (κ3) is 2.91. The quantitative estimate of drug-likeness (QED) is 0.653. The van der Waals surface area contributed by atoms with E-state index in [9.17, 15) is 4.79 Å². The zero-order valence-electron chi connectivity index (χ0n) is 12.3. The molecule has 0 aliphatic rings. The maximum atomic E-state index is 12.6. The summed E-state index contributed by atoms with van der Waals surface area (Å²) < 4.78 is 2.11. The van der Waals surface area contributed by atoms with Gasteiger partial charge < -0.3 is 4.90 Å². The minimum Gasteiger partial charge on any atom is -0.333 e. The number of rotatable bonds is 3. The summed E-state index contributed by atoms with van der Waals surface area (Å²) in [6.45, 7) is 2.01. The molecule has 3 nitrogen and oxygen atoms in total. The van der Waals surface area contributed by atoms with Crippen molar-refractivity contribution in [1.82, 2.24) is 9.88 Å². The number of aromatic nitrogens is 1. The molecule has 22 heavy (non-hydrogen) atoms. The SMILES string of the molecule is C[C@H](c1nc2ccccc2s1)N(C)C(=O)c1ccc(Br)cc1. The Balaban J connectivity index is 1.85. The highest BCUT2D eigenvalue weighted by Crippen LogP contribution is 2.29. The predicted octanol–water partition coefficient (Wildman–Crippen LogP) is 4.89. The molecule has 1 amide bonds. The predicted molar refractivity (Wildman–Crippen MR) is 94.3 cm³/mol. The highest BCUT2D eigenvalue weighted by atomic mass is 79.9. The molecule has 112 valence electrons. The Morgan fingerprint density at radius 2 is 1.86 bits per heavy atom. The first-order valence-corrected chi connectivity index (χ1v) is 8.55. The molecule has 5 heteroatoms. The zero-order valence-corrected chi connectivity index (χ0v) is 14.7. The van der Waals surface area contributed by atoms with Crippen molar-refractivity contribution in [3.05, 3.63) is 63.6 Å². The van der Waals surface area contributed by atoms with Crippen LogP contribution in [0.1, 0.15) is 28.3 Å². The number of benzene rings is 2. The van der Waals surface area contributed by atoms with Gasteiger partial charge in [0.05, 0.1) is 16.3 Å². The molecule has 0 aliphatic carbocycles. The summed E-state index contributed by atoms with van der Waals surface area (Å²) in [5.74, 6) is -0.000689. The number of para-hydroxylation sites is 1. The normalized spacial score (nSPS) is 12.3. The van der Waals surface area contributed by atoms with Gasteiger partial charge in [0, 0.05) is 17.1 Å². The van der Waals surface area contributed by atoms with Crippen molar-refractivity contribution in [2.24, 2.45) is 0 Å². The second-order valence-corrected chi connectivity index (χ2v) is 7.10. The van der Waals surface area contributed by atoms with Gasteiger partial charge in [-0.1, -0.05) is 28.1 Å². The van der Waals surface area contributed by atoms with E-state index >= 15 is 0 Å². The molecule has 0 saturated carbocycles. The molecule has 0 spiro atoms. The fourth-order valence-corrected chi connectivity index (χ4v) is 3.53. The van der Waals surface area contributed by atoms with Gasteiger partial charge >= 0.3 is 0 Å². The summed E-state index contributed by atoms with van der Waals surface area (Å²) >= 11 is 5.02. The van der Waals surface area contributed by atoms with Gasteiger partial charge in [-0.2, -0.15) is 0 Å². The number of carbonyl (C=O) groups excluding carboxylic acids is 1. The number of thiazole rings is 1. The number of fused-ring (bicyclic) bond motifs is 1. The van der Waals surface area contributed by atoms with Crippen molar-refractivity contribution in [2.75, 3.05) is 7.05 Å². The summed E-state index contributed by atoms with van der Waals surface area (Å²) in [7, 11) is 1.82. The van der Waals surface area contributed by atoms with Crippen LogP contribution in [-0.4, -0.2) is 22.8 Å². The van der Waals surface area contributed by atoms with Crippen LogP contribution in [0.3, 0.4) is 0 Å². The zero-order chi connectivity index (χ0) is 15.7. The molecule has 2 aromatic carbocycles. The number of hydrogen-bond acceptors (Lipinski definition) is 3. The van der Waals surface area contributed by atoms with Gasteiger partial charge in [0.1, 0.15) is 5.01 Å². The van der Waals surface area contributed by atoms with E-state index in [0.29, 0.717) is 5.56 Å². The van der Waals surface area contributed by atoms with Crippen molar-refractivity contribution >= 4 is 43.4 Å². The maximum Gasteiger partial charge on any atom is 0.254 e. The second-order valence-electron chi connectivity index (χ2n) is 5.12. The standard InChI is InChI=1S/C17H15BrN2OS/c1-11(16-19-14-5-3-4-6-15(14)22-16)20(2)17(21)12-7-9-13(18)10-8-12/h3-11H,1-2H3/t11-/m1/s1. The topological polar surface area (TPSA) is 33.2 Å². The van der Waals surface area contributed by atoms with Crippen molar-refractivity contribution in [1.29, 1.82) is 0 Å². The van der Waals surface area contributed by atoms with Gasteiger partial charge in [-0.25, -0.2) is 4.98 Å². The molecule has 0 bridgehead atoms. The van der Waals surface area contributed by atoms with Crippen LogP contribution in [0.4, 0.5) is 0 Å². The molecule has 3 aromatic rings. The number of halogens is 1. The van der Waals surface area contributed by atoms with Crippen LogP contribution in [0.2, 0.25) is 0 Å². The Kier molecular flexibility index (Phi) is 4.27. The molecule has 0 radical (unpaired) electrons. The molecule has 0 saturated heterocycles. The van der Waals surface area contributed by atoms with Crippen LogP contribution >= 0.6 is 27.3 Å². The summed E-state index contributed by atoms with van der Waals surface area (Å²) in [4.78, 5) is 19.0. The van der Waals surface area contributed by atoms with Crippen molar-refractivity contribution < 1.29 is 4.79 Å². The fraction of sp³-hybridized carbons (Fsp3) is 0.176. The van der Waals surface area contributed by atoms with Crippen LogP contribution < -0.4 is 0 Å². The average Bonchev–Trinajstić information content (AvgIpc) is 2.97. The van der Waals surface area contributed by atoms with E-state index in [1.165, 1.54) is 0 Å². The summed E-state index contributed by atoms with van der Waals surface area (Å²) in [6.07, 6.45) is 0. The van der Waals surface area contributed by atoms with E-state index in [0.717, 1.165) is 19.7 Å². The molecule has 0 N–H and O–H groups in total. The molecule has 3 rings (SSSR count). The minimum atomic E-state index is -0.0615.